The molecule has 0 aliphatic carbocycles. The lowest BCUT2D eigenvalue weighted by Gasteiger charge is -2.29. The van der Waals surface area contributed by atoms with E-state index in [9.17, 15) is 14.4 Å². The molecule has 0 aliphatic rings. The van der Waals surface area contributed by atoms with Crippen LogP contribution in [0.1, 0.15) is 53.4 Å². The summed E-state index contributed by atoms with van der Waals surface area (Å²) >= 11 is 12.2. The molecule has 1 aromatic heterocycles. The Morgan fingerprint density at radius 2 is 1.97 bits per heavy atom. The van der Waals surface area contributed by atoms with Gasteiger partial charge in [0.05, 0.1) is 23.2 Å². The van der Waals surface area contributed by atoms with E-state index in [0.29, 0.717) is 35.2 Å². The van der Waals surface area contributed by atoms with Crippen molar-refractivity contribution in [3.8, 4) is 5.69 Å². The van der Waals surface area contributed by atoms with E-state index in [2.05, 4.69) is 10.4 Å². The second-order valence-electron chi connectivity index (χ2n) is 7.93. The van der Waals surface area contributed by atoms with Gasteiger partial charge in [0, 0.05) is 16.5 Å². The number of amides is 1. The molecule has 1 aromatic carbocycles. The van der Waals surface area contributed by atoms with Crippen LogP contribution in [0.25, 0.3) is 5.69 Å². The average molecular weight is 470 g/mol. The van der Waals surface area contributed by atoms with Crippen molar-refractivity contribution in [1.29, 1.82) is 0 Å². The van der Waals surface area contributed by atoms with E-state index in [-0.39, 0.29) is 17.7 Å². The van der Waals surface area contributed by atoms with E-state index in [0.717, 1.165) is 12.8 Å². The molecule has 31 heavy (non-hydrogen) atoms. The minimum Gasteiger partial charge on any atom is -0.465 e. The molecule has 170 valence electrons. The van der Waals surface area contributed by atoms with E-state index in [4.69, 9.17) is 27.9 Å². The Kier molecular flexibility index (Phi) is 8.77. The number of esters is 1. The van der Waals surface area contributed by atoms with Gasteiger partial charge in [-0.05, 0) is 37.5 Å². The van der Waals surface area contributed by atoms with Crippen LogP contribution in [0.5, 0.6) is 0 Å². The Morgan fingerprint density at radius 1 is 1.26 bits per heavy atom. The van der Waals surface area contributed by atoms with Gasteiger partial charge in [-0.3, -0.25) is 19.5 Å². The number of ether oxygens (including phenoxy) is 1. The number of unbranched alkanes of at least 4 members (excludes halogenated alkanes) is 1. The third kappa shape index (κ3) is 6.37. The number of nitrogens with zero attached hydrogens (tertiary/aromatic N) is 1. The first kappa shape index (κ1) is 25.0. The monoisotopic (exact) mass is 469 g/mol. The van der Waals surface area contributed by atoms with Crippen LogP contribution in [-0.2, 0) is 14.3 Å². The summed E-state index contributed by atoms with van der Waals surface area (Å²) in [5.41, 5.74) is -0.845. The predicted molar refractivity (Wildman–Crippen MR) is 123 cm³/mol. The Morgan fingerprint density at radius 3 is 2.61 bits per heavy atom. The average Bonchev–Trinajstić information content (AvgIpc) is 3.09. The van der Waals surface area contributed by atoms with Gasteiger partial charge in [-0.2, -0.15) is 0 Å². The summed E-state index contributed by atoms with van der Waals surface area (Å²) in [5, 5.41) is 6.35. The fourth-order valence-corrected chi connectivity index (χ4v) is 3.55. The molecule has 0 saturated heterocycles. The molecular weight excluding hydrogens is 441 g/mol. The van der Waals surface area contributed by atoms with Gasteiger partial charge < -0.3 is 10.1 Å². The van der Waals surface area contributed by atoms with Crippen molar-refractivity contribution < 1.29 is 14.3 Å². The number of nitrogens with one attached hydrogen (secondary N) is 2. The Labute approximate surface area is 192 Å². The minimum absolute atomic E-state index is 0.226. The lowest BCUT2D eigenvalue weighted by atomic mass is 9.78. The van der Waals surface area contributed by atoms with Crippen LogP contribution < -0.4 is 10.9 Å². The third-order valence-electron chi connectivity index (χ3n) is 5.35. The van der Waals surface area contributed by atoms with Gasteiger partial charge >= 0.3 is 5.97 Å². The Bertz CT molecular complexity index is 985. The van der Waals surface area contributed by atoms with Crippen molar-refractivity contribution in [1.82, 2.24) is 9.78 Å². The molecule has 2 atom stereocenters. The molecule has 7 nitrogen and oxygen atoms in total. The number of benzene rings is 1. The van der Waals surface area contributed by atoms with Gasteiger partial charge in [0.1, 0.15) is 5.82 Å². The van der Waals surface area contributed by atoms with E-state index in [1.165, 1.54) is 10.7 Å². The van der Waals surface area contributed by atoms with Gasteiger partial charge in [-0.25, -0.2) is 4.68 Å². The maximum atomic E-state index is 13.0. The van der Waals surface area contributed by atoms with Crippen LogP contribution in [0.3, 0.4) is 0 Å². The topological polar surface area (TPSA) is 93.2 Å². The van der Waals surface area contributed by atoms with Gasteiger partial charge in [0.2, 0.25) is 5.91 Å². The van der Waals surface area contributed by atoms with Crippen molar-refractivity contribution in [2.24, 2.45) is 11.3 Å². The highest BCUT2D eigenvalue weighted by Crippen LogP contribution is 2.32. The number of hydrogen-bond acceptors (Lipinski definition) is 4. The summed E-state index contributed by atoms with van der Waals surface area (Å²) in [6.45, 7) is 7.84. The molecule has 0 saturated carbocycles. The maximum absolute atomic E-state index is 13.0. The largest absolute Gasteiger partial charge is 0.465 e. The lowest BCUT2D eigenvalue weighted by molar-refractivity contribution is -0.149. The normalized spacial score (nSPS) is 14.0. The minimum atomic E-state index is -0.824. The third-order valence-corrected chi connectivity index (χ3v) is 5.90. The predicted octanol–water partition coefficient (Wildman–Crippen LogP) is 5.20. The summed E-state index contributed by atoms with van der Waals surface area (Å²) in [7, 11) is 0. The number of aromatic amines is 1. The smallest absolute Gasteiger partial charge is 0.308 e. The number of anilines is 1. The molecule has 2 unspecified atom stereocenters. The van der Waals surface area contributed by atoms with Gasteiger partial charge in [-0.15, -0.1) is 0 Å². The van der Waals surface area contributed by atoms with Crippen LogP contribution in [0.4, 0.5) is 5.82 Å². The second-order valence-corrected chi connectivity index (χ2v) is 8.78. The zero-order valence-corrected chi connectivity index (χ0v) is 19.8. The number of aromatic nitrogens is 2. The second kappa shape index (κ2) is 10.9. The summed E-state index contributed by atoms with van der Waals surface area (Å²) in [4.78, 5) is 37.7. The standard InChI is InChI=1S/C22H29Cl2N3O4/c1-5-7-10-31-20(29)14(3)13-22(4,6-2)21(30)25-18-12-19(28)27(26-18)17-11-15(23)8-9-16(17)24/h8-9,11-12,14,26H,5-7,10,13H2,1-4H3,(H,25,30). The van der Waals surface area contributed by atoms with E-state index in [1.807, 2.05) is 13.8 Å². The molecule has 0 radical (unpaired) electrons. The number of carbonyl (C=O) groups is 2. The molecule has 0 fully saturated rings. The number of halogens is 2. The first-order valence-corrected chi connectivity index (χ1v) is 11.1. The molecule has 2 N–H and O–H groups in total. The van der Waals surface area contributed by atoms with E-state index in [1.54, 1.807) is 32.0 Å². The van der Waals surface area contributed by atoms with Gasteiger partial charge in [0.15, 0.2) is 0 Å². The van der Waals surface area contributed by atoms with Crippen molar-refractivity contribution in [3.63, 3.8) is 0 Å². The van der Waals surface area contributed by atoms with Crippen molar-refractivity contribution in [3.05, 3.63) is 44.7 Å². The van der Waals surface area contributed by atoms with Crippen LogP contribution in [0.2, 0.25) is 10.0 Å². The Balaban J connectivity index is 2.14. The van der Waals surface area contributed by atoms with Crippen molar-refractivity contribution in [2.45, 2.75) is 53.4 Å². The fourth-order valence-electron chi connectivity index (χ4n) is 3.19. The van der Waals surface area contributed by atoms with Gasteiger partial charge in [-0.1, -0.05) is 57.3 Å². The molecule has 1 amide bonds. The highest BCUT2D eigenvalue weighted by atomic mass is 35.5. The molecule has 0 bridgehead atoms. The number of H-pyrrole nitrogens is 1. The molecule has 0 spiro atoms. The van der Waals surface area contributed by atoms with Crippen LogP contribution >= 0.6 is 23.2 Å². The van der Waals surface area contributed by atoms with Crippen molar-refractivity contribution >= 4 is 40.9 Å². The van der Waals surface area contributed by atoms with E-state index < -0.39 is 16.9 Å². The number of rotatable bonds is 10. The summed E-state index contributed by atoms with van der Waals surface area (Å²) < 4.78 is 6.49. The van der Waals surface area contributed by atoms with Crippen LogP contribution in [-0.4, -0.2) is 28.3 Å². The van der Waals surface area contributed by atoms with Crippen LogP contribution in [0.15, 0.2) is 29.1 Å². The molecular formula is C22H29Cl2N3O4. The summed E-state index contributed by atoms with van der Waals surface area (Å²) in [6.07, 6.45) is 2.59. The highest BCUT2D eigenvalue weighted by molar-refractivity contribution is 6.34. The van der Waals surface area contributed by atoms with Gasteiger partial charge in [0.25, 0.3) is 5.56 Å². The SMILES string of the molecule is CCCCOC(=O)C(C)CC(C)(CC)C(=O)Nc1cc(=O)n(-c2cc(Cl)ccc2Cl)[nH]1. The molecule has 2 rings (SSSR count). The first-order valence-electron chi connectivity index (χ1n) is 10.4. The summed E-state index contributed by atoms with van der Waals surface area (Å²) in [6, 6.07) is 6.02. The van der Waals surface area contributed by atoms with E-state index >= 15 is 0 Å². The zero-order valence-electron chi connectivity index (χ0n) is 18.3. The quantitative estimate of drug-likeness (QED) is 0.369. The van der Waals surface area contributed by atoms with Crippen LogP contribution in [0, 0.1) is 11.3 Å². The maximum Gasteiger partial charge on any atom is 0.308 e. The number of hydrogen-bond donors (Lipinski definition) is 2. The lowest BCUT2D eigenvalue weighted by Crippen LogP contribution is -2.36. The number of carbonyl (C=O) groups excluding carboxylic acids is 2. The zero-order chi connectivity index (χ0) is 23.2. The molecule has 2 aromatic rings. The molecule has 9 heteroatoms. The summed E-state index contributed by atoms with van der Waals surface area (Å²) in [5.74, 6) is -0.810. The fraction of sp³-hybridized carbons (Fsp3) is 0.500. The Hall–Kier alpha value is -2.25. The first-order chi connectivity index (χ1) is 14.6. The molecule has 1 heterocycles. The highest BCUT2D eigenvalue weighted by Gasteiger charge is 2.35. The van der Waals surface area contributed by atoms with Crippen molar-refractivity contribution in [2.75, 3.05) is 11.9 Å². The molecule has 0 aliphatic heterocycles.